The second kappa shape index (κ2) is 10.9. The smallest absolute Gasteiger partial charge is 0.303 e. The summed E-state index contributed by atoms with van der Waals surface area (Å²) in [5.74, 6) is -5.45. The summed E-state index contributed by atoms with van der Waals surface area (Å²) < 4.78 is 20.9. The first kappa shape index (κ1) is 27.5. The number of nitro groups is 1. The first-order chi connectivity index (χ1) is 17.3. The van der Waals surface area contributed by atoms with Gasteiger partial charge in [0.2, 0.25) is 0 Å². The number of aliphatic hydroxyl groups is 1. The summed E-state index contributed by atoms with van der Waals surface area (Å²) >= 11 is 0. The van der Waals surface area contributed by atoms with Crippen LogP contribution in [0.1, 0.15) is 48.4 Å². The van der Waals surface area contributed by atoms with Crippen molar-refractivity contribution in [3.05, 3.63) is 39.4 Å². The van der Waals surface area contributed by atoms with Gasteiger partial charge < -0.3 is 24.1 Å². The molecule has 198 valence electrons. The standard InChI is InChI=1S/C23H24N2O12/c1-9(16-19(29)13-6-5-7-14(25(32)33)17(13)20(16)30)24-18-22(36-12(4)28)21(35-11(3)27)15(37-23(18)31)8-34-10(2)26/h5-7,15-16,18,21-23,31H,8H2,1-4H3/t15-,16?,18-,21-,22-,23+/m1/s1. The van der Waals surface area contributed by atoms with E-state index in [1.165, 1.54) is 19.1 Å². The number of benzene rings is 1. The van der Waals surface area contributed by atoms with E-state index >= 15 is 0 Å². The van der Waals surface area contributed by atoms with E-state index in [4.69, 9.17) is 18.9 Å². The van der Waals surface area contributed by atoms with E-state index in [1.54, 1.807) is 0 Å². The average Bonchev–Trinajstić information content (AvgIpc) is 3.06. The molecule has 0 aromatic heterocycles. The molecule has 1 N–H and O–H groups in total. The Kier molecular flexibility index (Phi) is 8.13. The maximum absolute atomic E-state index is 13.1. The third-order valence-electron chi connectivity index (χ3n) is 5.73. The summed E-state index contributed by atoms with van der Waals surface area (Å²) in [5, 5.41) is 22.1. The summed E-state index contributed by atoms with van der Waals surface area (Å²) in [6, 6.07) is 2.17. The summed E-state index contributed by atoms with van der Waals surface area (Å²) in [5.41, 5.74) is -1.18. The fourth-order valence-corrected chi connectivity index (χ4v) is 4.30. The lowest BCUT2D eigenvalue weighted by Gasteiger charge is -2.42. The molecular formula is C23H24N2O12. The summed E-state index contributed by atoms with van der Waals surface area (Å²) in [7, 11) is 0. The monoisotopic (exact) mass is 520 g/mol. The van der Waals surface area contributed by atoms with E-state index in [2.05, 4.69) is 4.99 Å². The largest absolute Gasteiger partial charge is 0.463 e. The second-order valence-electron chi connectivity index (χ2n) is 8.40. The van der Waals surface area contributed by atoms with E-state index in [9.17, 15) is 39.2 Å². The van der Waals surface area contributed by atoms with Crippen molar-refractivity contribution in [3.8, 4) is 0 Å². The van der Waals surface area contributed by atoms with Crippen molar-refractivity contribution in [1.82, 2.24) is 0 Å². The fourth-order valence-electron chi connectivity index (χ4n) is 4.30. The van der Waals surface area contributed by atoms with Crippen molar-refractivity contribution < 1.29 is 52.9 Å². The van der Waals surface area contributed by atoms with Crippen molar-refractivity contribution in [1.29, 1.82) is 0 Å². The van der Waals surface area contributed by atoms with Crippen LogP contribution in [-0.4, -0.2) is 82.5 Å². The zero-order valence-corrected chi connectivity index (χ0v) is 20.2. The van der Waals surface area contributed by atoms with Crippen molar-refractivity contribution >= 4 is 40.9 Å². The number of esters is 3. The third kappa shape index (κ3) is 5.70. The summed E-state index contributed by atoms with van der Waals surface area (Å²) in [4.78, 5) is 75.8. The molecule has 0 radical (unpaired) electrons. The number of nitrogens with zero attached hydrogens (tertiary/aromatic N) is 2. The van der Waals surface area contributed by atoms with E-state index in [0.29, 0.717) is 0 Å². The lowest BCUT2D eigenvalue weighted by atomic mass is 9.94. The van der Waals surface area contributed by atoms with Crippen molar-refractivity contribution in [2.24, 2.45) is 10.9 Å². The normalized spacial score (nSPS) is 27.3. The molecule has 1 aliphatic carbocycles. The number of ether oxygens (including phenoxy) is 4. The SMILES string of the molecule is CC(=O)OC[C@H]1O[C@H](O)[C@H](N=C(C)C2C(=O)c3cccc([N+](=O)[O-])c3C2=O)[C@@H](OC(C)=O)[C@@H]1OC(C)=O. The molecule has 0 spiro atoms. The molecule has 1 unspecified atom stereocenters. The molecule has 1 fully saturated rings. The predicted molar refractivity (Wildman–Crippen MR) is 121 cm³/mol. The fraction of sp³-hybridized carbons (Fsp3) is 0.478. The van der Waals surface area contributed by atoms with Crippen LogP contribution < -0.4 is 0 Å². The molecule has 3 rings (SSSR count). The van der Waals surface area contributed by atoms with Crippen LogP contribution in [0.2, 0.25) is 0 Å². The maximum atomic E-state index is 13.1. The Morgan fingerprint density at radius 2 is 1.65 bits per heavy atom. The maximum Gasteiger partial charge on any atom is 0.303 e. The number of carbonyl (C=O) groups is 5. The van der Waals surface area contributed by atoms with Gasteiger partial charge in [0.1, 0.15) is 30.2 Å². The van der Waals surface area contributed by atoms with Crippen molar-refractivity contribution in [3.63, 3.8) is 0 Å². The van der Waals surface area contributed by atoms with E-state index in [0.717, 1.165) is 26.8 Å². The Bertz CT molecular complexity index is 1190. The van der Waals surface area contributed by atoms with Crippen LogP contribution in [0.15, 0.2) is 23.2 Å². The van der Waals surface area contributed by atoms with E-state index in [-0.39, 0.29) is 16.8 Å². The highest BCUT2D eigenvalue weighted by molar-refractivity contribution is 6.37. The first-order valence-corrected chi connectivity index (χ1v) is 11.0. The van der Waals surface area contributed by atoms with Gasteiger partial charge in [0, 0.05) is 38.1 Å². The van der Waals surface area contributed by atoms with Gasteiger partial charge in [0.15, 0.2) is 30.1 Å². The molecule has 0 amide bonds. The van der Waals surface area contributed by atoms with Crippen LogP contribution in [0.4, 0.5) is 5.69 Å². The third-order valence-corrected chi connectivity index (χ3v) is 5.73. The van der Waals surface area contributed by atoms with E-state index in [1.807, 2.05) is 0 Å². The Balaban J connectivity index is 2.01. The molecule has 14 nitrogen and oxygen atoms in total. The topological polar surface area (TPSA) is 198 Å². The van der Waals surface area contributed by atoms with E-state index < -0.39 is 83.3 Å². The number of Topliss-reactive ketones (excluding diaryl/α,β-unsaturated/α-hetero) is 2. The van der Waals surface area contributed by atoms with Gasteiger partial charge in [-0.3, -0.25) is 39.1 Å². The number of carbonyl (C=O) groups excluding carboxylic acids is 5. The van der Waals surface area contributed by atoms with Gasteiger partial charge in [0.25, 0.3) is 5.69 Å². The Morgan fingerprint density at radius 3 is 2.22 bits per heavy atom. The van der Waals surface area contributed by atoms with Crippen molar-refractivity contribution in [2.75, 3.05) is 6.61 Å². The number of rotatable bonds is 7. The second-order valence-corrected chi connectivity index (χ2v) is 8.40. The molecule has 37 heavy (non-hydrogen) atoms. The van der Waals surface area contributed by atoms with Crippen molar-refractivity contribution in [2.45, 2.75) is 58.3 Å². The van der Waals surface area contributed by atoms with Crippen LogP contribution in [0.5, 0.6) is 0 Å². The number of fused-ring (bicyclic) bond motifs is 1. The van der Waals surface area contributed by atoms with Gasteiger partial charge in [0.05, 0.1) is 4.92 Å². The predicted octanol–water partition coefficient (Wildman–Crippen LogP) is 0.563. The lowest BCUT2D eigenvalue weighted by Crippen LogP contribution is -2.61. The van der Waals surface area contributed by atoms with Crippen LogP contribution >= 0.6 is 0 Å². The molecule has 1 heterocycles. The van der Waals surface area contributed by atoms with Gasteiger partial charge in [-0.15, -0.1) is 0 Å². The zero-order valence-electron chi connectivity index (χ0n) is 20.2. The Morgan fingerprint density at radius 1 is 1.03 bits per heavy atom. The molecule has 0 bridgehead atoms. The molecule has 14 heteroatoms. The van der Waals surface area contributed by atoms with Gasteiger partial charge in [-0.1, -0.05) is 12.1 Å². The Labute approximate surface area is 209 Å². The highest BCUT2D eigenvalue weighted by Gasteiger charge is 2.51. The van der Waals surface area contributed by atoms with Crippen LogP contribution in [0.25, 0.3) is 0 Å². The van der Waals surface area contributed by atoms with Gasteiger partial charge in [-0.25, -0.2) is 0 Å². The molecule has 1 aromatic rings. The van der Waals surface area contributed by atoms with Gasteiger partial charge in [-0.05, 0) is 6.92 Å². The molecule has 0 saturated carbocycles. The molecule has 6 atom stereocenters. The number of ketones is 2. The van der Waals surface area contributed by atoms with Crippen LogP contribution in [0.3, 0.4) is 0 Å². The zero-order chi connectivity index (χ0) is 27.6. The lowest BCUT2D eigenvalue weighted by molar-refractivity contribution is -0.385. The minimum absolute atomic E-state index is 0.144. The molecule has 2 aliphatic rings. The summed E-state index contributed by atoms with van der Waals surface area (Å²) in [6.45, 7) is 4.08. The summed E-state index contributed by atoms with van der Waals surface area (Å²) in [6.07, 6.45) is -5.92. The molecule has 1 aliphatic heterocycles. The Hall–Kier alpha value is -4.04. The number of aliphatic imine (C=N–C) groups is 1. The first-order valence-electron chi connectivity index (χ1n) is 11.0. The van der Waals surface area contributed by atoms with Gasteiger partial charge in [-0.2, -0.15) is 0 Å². The minimum Gasteiger partial charge on any atom is -0.463 e. The number of aliphatic hydroxyl groups excluding tert-OH is 1. The highest BCUT2D eigenvalue weighted by atomic mass is 16.7. The van der Waals surface area contributed by atoms with Crippen LogP contribution in [-0.2, 0) is 33.3 Å². The average molecular weight is 520 g/mol. The van der Waals surface area contributed by atoms with Crippen LogP contribution in [0, 0.1) is 16.0 Å². The molecule has 1 aromatic carbocycles. The number of hydrogen-bond acceptors (Lipinski definition) is 13. The minimum atomic E-state index is -1.81. The molecular weight excluding hydrogens is 496 g/mol. The number of nitro benzene ring substituents is 1. The van der Waals surface area contributed by atoms with Gasteiger partial charge >= 0.3 is 17.9 Å². The number of hydrogen-bond donors (Lipinski definition) is 1. The highest BCUT2D eigenvalue weighted by Crippen LogP contribution is 2.35. The quantitative estimate of drug-likeness (QED) is 0.131. The molecule has 1 saturated heterocycles.